The maximum Gasteiger partial charge on any atom is 0.407 e. The molecule has 0 spiro atoms. The highest BCUT2D eigenvalue weighted by Gasteiger charge is 2.16. The largest absolute Gasteiger partial charge is 0.462 e. The Hall–Kier alpha value is -2.57. The van der Waals surface area contributed by atoms with Crippen LogP contribution in [0.25, 0.3) is 0 Å². The number of carbonyl (C=O) groups is 3. The lowest BCUT2D eigenvalue weighted by atomic mass is 10.2. The molecule has 0 aliphatic carbocycles. The number of methoxy groups -OCH3 is 1. The first-order valence-corrected chi connectivity index (χ1v) is 6.66. The van der Waals surface area contributed by atoms with Gasteiger partial charge in [-0.15, -0.1) is 0 Å². The Kier molecular flexibility index (Phi) is 5.91. The molecule has 1 aromatic rings. The number of ether oxygens (including phenoxy) is 2. The quantitative estimate of drug-likeness (QED) is 0.656. The second-order valence-corrected chi connectivity index (χ2v) is 5.50. The van der Waals surface area contributed by atoms with Gasteiger partial charge in [0, 0.05) is 12.2 Å². The van der Waals surface area contributed by atoms with Crippen LogP contribution in [-0.2, 0) is 25.6 Å². The van der Waals surface area contributed by atoms with Crippen LogP contribution < -0.4 is 10.6 Å². The highest BCUT2D eigenvalue weighted by molar-refractivity contribution is 6.37. The van der Waals surface area contributed by atoms with Gasteiger partial charge in [0.15, 0.2) is 0 Å². The van der Waals surface area contributed by atoms with E-state index >= 15 is 0 Å². The van der Waals surface area contributed by atoms with Gasteiger partial charge in [-0.25, -0.2) is 9.59 Å². The van der Waals surface area contributed by atoms with Gasteiger partial charge in [-0.3, -0.25) is 4.79 Å². The van der Waals surface area contributed by atoms with Crippen LogP contribution in [0, 0.1) is 0 Å². The van der Waals surface area contributed by atoms with Gasteiger partial charge in [-0.05, 0) is 38.5 Å². The summed E-state index contributed by atoms with van der Waals surface area (Å²) in [5.74, 6) is -1.84. The number of hydrogen-bond donors (Lipinski definition) is 2. The highest BCUT2D eigenvalue weighted by Crippen LogP contribution is 2.11. The van der Waals surface area contributed by atoms with Crippen molar-refractivity contribution in [2.45, 2.75) is 32.9 Å². The molecule has 0 unspecified atom stereocenters. The molecular formula is C15H20N2O5. The van der Waals surface area contributed by atoms with E-state index in [4.69, 9.17) is 4.74 Å². The van der Waals surface area contributed by atoms with Crippen LogP contribution in [0.3, 0.4) is 0 Å². The Bertz CT molecular complexity index is 563. The molecule has 22 heavy (non-hydrogen) atoms. The van der Waals surface area contributed by atoms with Crippen molar-refractivity contribution >= 4 is 23.7 Å². The van der Waals surface area contributed by atoms with Crippen molar-refractivity contribution in [2.24, 2.45) is 0 Å². The molecule has 120 valence electrons. The van der Waals surface area contributed by atoms with E-state index in [0.29, 0.717) is 5.69 Å². The molecule has 2 N–H and O–H groups in total. The number of anilines is 1. The maximum atomic E-state index is 11.6. The summed E-state index contributed by atoms with van der Waals surface area (Å²) in [5.41, 5.74) is 0.605. The van der Waals surface area contributed by atoms with Crippen molar-refractivity contribution < 1.29 is 23.9 Å². The number of rotatable bonds is 3. The molecule has 7 heteroatoms. The third kappa shape index (κ3) is 6.25. The Morgan fingerprint density at radius 2 is 1.86 bits per heavy atom. The SMILES string of the molecule is COC(=O)C(=O)Nc1cccc(CNC(=O)OC(C)(C)C)c1. The average Bonchev–Trinajstić information content (AvgIpc) is 2.42. The second kappa shape index (κ2) is 7.44. The second-order valence-electron chi connectivity index (χ2n) is 5.50. The Balaban J connectivity index is 2.59. The molecule has 0 aromatic heterocycles. The number of hydrogen-bond acceptors (Lipinski definition) is 5. The topological polar surface area (TPSA) is 93.7 Å². The molecule has 1 aromatic carbocycles. The van der Waals surface area contributed by atoms with Gasteiger partial charge >= 0.3 is 18.0 Å². The fraction of sp³-hybridized carbons (Fsp3) is 0.400. The normalized spacial score (nSPS) is 10.5. The minimum Gasteiger partial charge on any atom is -0.462 e. The predicted octanol–water partition coefficient (Wildman–Crippen LogP) is 1.82. The summed E-state index contributed by atoms with van der Waals surface area (Å²) < 4.78 is 9.43. The number of amides is 2. The molecule has 0 fully saturated rings. The van der Waals surface area contributed by atoms with Gasteiger partial charge in [0.2, 0.25) is 0 Å². The van der Waals surface area contributed by atoms with Crippen molar-refractivity contribution in [3.8, 4) is 0 Å². The van der Waals surface area contributed by atoms with E-state index in [1.807, 2.05) is 0 Å². The number of carbonyl (C=O) groups excluding carboxylic acids is 3. The van der Waals surface area contributed by atoms with Crippen molar-refractivity contribution in [3.63, 3.8) is 0 Å². The lowest BCUT2D eigenvalue weighted by Crippen LogP contribution is -2.32. The van der Waals surface area contributed by atoms with E-state index < -0.39 is 23.6 Å². The first-order valence-electron chi connectivity index (χ1n) is 6.66. The zero-order valence-electron chi connectivity index (χ0n) is 13.1. The van der Waals surface area contributed by atoms with Crippen molar-refractivity contribution in [3.05, 3.63) is 29.8 Å². The van der Waals surface area contributed by atoms with Crippen LogP contribution in [0.5, 0.6) is 0 Å². The average molecular weight is 308 g/mol. The Morgan fingerprint density at radius 1 is 1.18 bits per heavy atom. The smallest absolute Gasteiger partial charge is 0.407 e. The van der Waals surface area contributed by atoms with Crippen molar-refractivity contribution in [1.82, 2.24) is 5.32 Å². The third-order valence-electron chi connectivity index (χ3n) is 2.39. The molecule has 0 saturated carbocycles. The molecule has 0 radical (unpaired) electrons. The Labute approximate surface area is 129 Å². The molecule has 1 rings (SSSR count). The summed E-state index contributed by atoms with van der Waals surface area (Å²) in [6.45, 7) is 5.55. The van der Waals surface area contributed by atoms with Gasteiger partial charge in [0.25, 0.3) is 0 Å². The monoisotopic (exact) mass is 308 g/mol. The molecule has 0 atom stereocenters. The third-order valence-corrected chi connectivity index (χ3v) is 2.39. The highest BCUT2D eigenvalue weighted by atomic mass is 16.6. The predicted molar refractivity (Wildman–Crippen MR) is 80.2 cm³/mol. The summed E-state index contributed by atoms with van der Waals surface area (Å²) in [7, 11) is 1.13. The standard InChI is InChI=1S/C15H20N2O5/c1-15(2,3)22-14(20)16-9-10-6-5-7-11(8-10)17-12(18)13(19)21-4/h5-8H,9H2,1-4H3,(H,16,20)(H,17,18). The molecule has 0 aliphatic rings. The van der Waals surface area contributed by atoms with Crippen LogP contribution in [0.15, 0.2) is 24.3 Å². The number of alkyl carbamates (subject to hydrolysis) is 1. The van der Waals surface area contributed by atoms with Crippen LogP contribution >= 0.6 is 0 Å². The van der Waals surface area contributed by atoms with Crippen molar-refractivity contribution in [2.75, 3.05) is 12.4 Å². The first-order chi connectivity index (χ1) is 10.2. The van der Waals surface area contributed by atoms with E-state index in [9.17, 15) is 14.4 Å². The number of benzene rings is 1. The van der Waals surface area contributed by atoms with E-state index in [0.717, 1.165) is 12.7 Å². The summed E-state index contributed by atoms with van der Waals surface area (Å²) in [5, 5.41) is 5.01. The van der Waals surface area contributed by atoms with E-state index in [1.54, 1.807) is 45.0 Å². The van der Waals surface area contributed by atoms with Gasteiger partial charge in [0.05, 0.1) is 7.11 Å². The molecule has 0 heterocycles. The summed E-state index contributed by atoms with van der Waals surface area (Å²) >= 11 is 0. The van der Waals surface area contributed by atoms with E-state index in [1.165, 1.54) is 0 Å². The fourth-order valence-electron chi connectivity index (χ4n) is 1.52. The van der Waals surface area contributed by atoms with Gasteiger partial charge in [-0.2, -0.15) is 0 Å². The lowest BCUT2D eigenvalue weighted by Gasteiger charge is -2.19. The van der Waals surface area contributed by atoms with E-state index in [-0.39, 0.29) is 6.54 Å². The molecule has 0 saturated heterocycles. The van der Waals surface area contributed by atoms with Crippen LogP contribution in [0.1, 0.15) is 26.3 Å². The summed E-state index contributed by atoms with van der Waals surface area (Å²) in [4.78, 5) is 34.0. The summed E-state index contributed by atoms with van der Waals surface area (Å²) in [6.07, 6.45) is -0.531. The minimum absolute atomic E-state index is 0.233. The molecule has 0 bridgehead atoms. The van der Waals surface area contributed by atoms with Crippen LogP contribution in [0.2, 0.25) is 0 Å². The molecule has 7 nitrogen and oxygen atoms in total. The maximum absolute atomic E-state index is 11.6. The lowest BCUT2D eigenvalue weighted by molar-refractivity contribution is -0.150. The first kappa shape index (κ1) is 17.5. The molecule has 2 amide bonds. The minimum atomic E-state index is -0.975. The zero-order chi connectivity index (χ0) is 16.8. The van der Waals surface area contributed by atoms with Gasteiger partial charge in [-0.1, -0.05) is 12.1 Å². The zero-order valence-corrected chi connectivity index (χ0v) is 13.1. The van der Waals surface area contributed by atoms with Crippen molar-refractivity contribution in [1.29, 1.82) is 0 Å². The summed E-state index contributed by atoms with van der Waals surface area (Å²) in [6, 6.07) is 6.72. The molecule has 0 aliphatic heterocycles. The fourth-order valence-corrected chi connectivity index (χ4v) is 1.52. The van der Waals surface area contributed by atoms with Gasteiger partial charge < -0.3 is 20.1 Å². The number of esters is 1. The van der Waals surface area contributed by atoms with E-state index in [2.05, 4.69) is 15.4 Å². The van der Waals surface area contributed by atoms with Gasteiger partial charge in [0.1, 0.15) is 5.60 Å². The van der Waals surface area contributed by atoms with Crippen LogP contribution in [-0.4, -0.2) is 30.7 Å². The number of nitrogens with one attached hydrogen (secondary N) is 2. The molecular weight excluding hydrogens is 288 g/mol. The Morgan fingerprint density at radius 3 is 2.45 bits per heavy atom. The van der Waals surface area contributed by atoms with Crippen LogP contribution in [0.4, 0.5) is 10.5 Å².